The van der Waals surface area contributed by atoms with Gasteiger partial charge in [-0.25, -0.2) is 4.98 Å². The van der Waals surface area contributed by atoms with Gasteiger partial charge in [0.15, 0.2) is 0 Å². The lowest BCUT2D eigenvalue weighted by Crippen LogP contribution is -2.27. The fourth-order valence-electron chi connectivity index (χ4n) is 3.30. The zero-order valence-electron chi connectivity index (χ0n) is 15.3. The Morgan fingerprint density at radius 2 is 2.04 bits per heavy atom. The number of rotatable bonds is 2. The van der Waals surface area contributed by atoms with Crippen LogP contribution in [0.1, 0.15) is 35.5 Å². The Hall–Kier alpha value is -3.42. The second-order valence-electron chi connectivity index (χ2n) is 7.17. The lowest BCUT2D eigenvalue weighted by molar-refractivity contribution is -0.119. The molecule has 0 bridgehead atoms. The van der Waals surface area contributed by atoms with Crippen LogP contribution in [0.3, 0.4) is 0 Å². The number of aryl methyl sites for hydroxylation is 2. The number of amides is 2. The van der Waals surface area contributed by atoms with Crippen LogP contribution in [0.4, 0.5) is 11.4 Å². The molecule has 3 heterocycles. The van der Waals surface area contributed by atoms with Gasteiger partial charge in [-0.05, 0) is 44.5 Å². The van der Waals surface area contributed by atoms with Crippen LogP contribution in [0.15, 0.2) is 33.7 Å². The largest absolute Gasteiger partial charge is 0.442 e. The van der Waals surface area contributed by atoms with Crippen molar-refractivity contribution in [2.24, 2.45) is 7.05 Å². The molecule has 0 saturated heterocycles. The molecule has 27 heavy (non-hydrogen) atoms. The molecule has 3 aromatic rings. The number of aromatic nitrogens is 2. The van der Waals surface area contributed by atoms with Crippen LogP contribution in [0, 0.1) is 6.92 Å². The maximum absolute atomic E-state index is 12.9. The van der Waals surface area contributed by atoms with Crippen molar-refractivity contribution < 1.29 is 14.0 Å². The lowest BCUT2D eigenvalue weighted by atomic mass is 9.86. The first-order valence-electron chi connectivity index (χ1n) is 8.42. The molecule has 8 heteroatoms. The van der Waals surface area contributed by atoms with Crippen molar-refractivity contribution in [3.63, 3.8) is 0 Å². The van der Waals surface area contributed by atoms with Crippen molar-refractivity contribution in [3.05, 3.63) is 51.8 Å². The molecule has 0 fully saturated rings. The second-order valence-corrected chi connectivity index (χ2v) is 7.17. The molecule has 1 aromatic carbocycles. The molecule has 1 aliphatic rings. The van der Waals surface area contributed by atoms with Crippen LogP contribution in [0.5, 0.6) is 0 Å². The van der Waals surface area contributed by atoms with E-state index in [2.05, 4.69) is 15.6 Å². The Morgan fingerprint density at radius 1 is 1.30 bits per heavy atom. The van der Waals surface area contributed by atoms with Crippen LogP contribution < -0.4 is 16.2 Å². The number of nitrogens with zero attached hydrogens (tertiary/aromatic N) is 2. The van der Waals surface area contributed by atoms with E-state index < -0.39 is 11.3 Å². The first kappa shape index (κ1) is 17.0. The minimum atomic E-state index is -0.686. The number of hydrogen-bond donors (Lipinski definition) is 2. The highest BCUT2D eigenvalue weighted by atomic mass is 16.3. The molecule has 8 nitrogen and oxygen atoms in total. The summed E-state index contributed by atoms with van der Waals surface area (Å²) in [6, 6.07) is 5.21. The molecule has 0 unspecified atom stereocenters. The van der Waals surface area contributed by atoms with E-state index in [1.807, 2.05) is 13.8 Å². The molecule has 2 aromatic heterocycles. The summed E-state index contributed by atoms with van der Waals surface area (Å²) in [5, 5.41) is 5.76. The molecule has 4 rings (SSSR count). The van der Waals surface area contributed by atoms with Gasteiger partial charge in [0.05, 0.1) is 11.0 Å². The van der Waals surface area contributed by atoms with Crippen molar-refractivity contribution in [1.82, 2.24) is 9.55 Å². The molecular formula is C19H18N4O4. The van der Waals surface area contributed by atoms with E-state index in [4.69, 9.17) is 4.42 Å². The van der Waals surface area contributed by atoms with Crippen LogP contribution in [-0.4, -0.2) is 21.4 Å². The summed E-state index contributed by atoms with van der Waals surface area (Å²) in [5.74, 6) is -0.241. The topological polar surface area (TPSA) is 106 Å². The first-order valence-corrected chi connectivity index (χ1v) is 8.42. The summed E-state index contributed by atoms with van der Waals surface area (Å²) in [7, 11) is 1.56. The van der Waals surface area contributed by atoms with E-state index in [-0.39, 0.29) is 28.1 Å². The fourth-order valence-corrected chi connectivity index (χ4v) is 3.30. The highest BCUT2D eigenvalue weighted by molar-refractivity contribution is 6.13. The van der Waals surface area contributed by atoms with Gasteiger partial charge in [-0.3, -0.25) is 14.4 Å². The monoisotopic (exact) mass is 366 g/mol. The number of fused-ring (bicyclic) bond motifs is 2. The van der Waals surface area contributed by atoms with Crippen molar-refractivity contribution in [2.75, 3.05) is 10.6 Å². The van der Waals surface area contributed by atoms with Crippen molar-refractivity contribution in [1.29, 1.82) is 0 Å². The van der Waals surface area contributed by atoms with Gasteiger partial charge in [0, 0.05) is 18.4 Å². The Morgan fingerprint density at radius 3 is 2.78 bits per heavy atom. The normalized spacial score (nSPS) is 14.9. The summed E-state index contributed by atoms with van der Waals surface area (Å²) in [5.41, 5.74) is 1.30. The third kappa shape index (κ3) is 2.44. The SMILES string of the molecule is Cc1oc2ncn(C)c(=O)c2c1C(=O)Nc1ccc2c(c1)C(C)(C)C(=O)N2. The van der Waals surface area contributed by atoms with E-state index in [1.165, 1.54) is 10.9 Å². The van der Waals surface area contributed by atoms with Crippen LogP contribution in [-0.2, 0) is 17.3 Å². The van der Waals surface area contributed by atoms with E-state index >= 15 is 0 Å². The predicted molar refractivity (Wildman–Crippen MR) is 100 cm³/mol. The molecular weight excluding hydrogens is 348 g/mol. The van der Waals surface area contributed by atoms with E-state index in [9.17, 15) is 14.4 Å². The Balaban J connectivity index is 1.75. The van der Waals surface area contributed by atoms with Crippen LogP contribution >= 0.6 is 0 Å². The molecule has 0 radical (unpaired) electrons. The van der Waals surface area contributed by atoms with E-state index in [0.29, 0.717) is 11.4 Å². The Bertz CT molecular complexity index is 1190. The summed E-state index contributed by atoms with van der Waals surface area (Å²) in [6.45, 7) is 5.26. The molecule has 1 aliphatic heterocycles. The zero-order chi connectivity index (χ0) is 19.5. The molecule has 0 atom stereocenters. The summed E-state index contributed by atoms with van der Waals surface area (Å²) < 4.78 is 6.77. The third-order valence-corrected chi connectivity index (χ3v) is 4.94. The maximum Gasteiger partial charge on any atom is 0.265 e. The Kier molecular flexibility index (Phi) is 3.49. The van der Waals surface area contributed by atoms with Gasteiger partial charge in [-0.15, -0.1) is 0 Å². The summed E-state index contributed by atoms with van der Waals surface area (Å²) in [4.78, 5) is 41.4. The first-order chi connectivity index (χ1) is 12.7. The average molecular weight is 366 g/mol. The highest BCUT2D eigenvalue weighted by Gasteiger charge is 2.38. The second kappa shape index (κ2) is 5.54. The average Bonchev–Trinajstić information content (AvgIpc) is 3.06. The predicted octanol–water partition coefficient (Wildman–Crippen LogP) is 2.32. The third-order valence-electron chi connectivity index (χ3n) is 4.94. The van der Waals surface area contributed by atoms with Gasteiger partial charge in [0.25, 0.3) is 11.5 Å². The quantitative estimate of drug-likeness (QED) is 0.724. The minimum absolute atomic E-state index is 0.0905. The standard InChI is InChI=1S/C19H18N4O4/c1-9-13(14-16(27-9)20-8-23(4)17(14)25)15(24)21-10-5-6-12-11(7-10)19(2,3)18(26)22-12/h5-8H,1-4H3,(H,21,24)(H,22,26). The molecule has 2 N–H and O–H groups in total. The van der Waals surface area contributed by atoms with Crippen LogP contribution in [0.25, 0.3) is 11.1 Å². The van der Waals surface area contributed by atoms with E-state index in [0.717, 1.165) is 11.3 Å². The lowest BCUT2D eigenvalue weighted by Gasteiger charge is -2.16. The minimum Gasteiger partial charge on any atom is -0.442 e. The number of carbonyl (C=O) groups is 2. The highest BCUT2D eigenvalue weighted by Crippen LogP contribution is 2.38. The number of anilines is 2. The van der Waals surface area contributed by atoms with Gasteiger partial charge in [0.2, 0.25) is 11.6 Å². The molecule has 0 spiro atoms. The molecule has 2 amide bonds. The number of nitrogens with one attached hydrogen (secondary N) is 2. The van der Waals surface area contributed by atoms with Crippen molar-refractivity contribution >= 4 is 34.3 Å². The number of benzene rings is 1. The van der Waals surface area contributed by atoms with Gasteiger partial charge >= 0.3 is 0 Å². The number of carbonyl (C=O) groups excluding carboxylic acids is 2. The maximum atomic E-state index is 12.9. The van der Waals surface area contributed by atoms with Gasteiger partial charge in [-0.2, -0.15) is 0 Å². The number of hydrogen-bond acceptors (Lipinski definition) is 5. The summed E-state index contributed by atoms with van der Waals surface area (Å²) in [6.07, 6.45) is 1.35. The van der Waals surface area contributed by atoms with Gasteiger partial charge in [0.1, 0.15) is 17.5 Å². The van der Waals surface area contributed by atoms with Crippen molar-refractivity contribution in [2.45, 2.75) is 26.2 Å². The molecule has 138 valence electrons. The molecule has 0 saturated carbocycles. The summed E-state index contributed by atoms with van der Waals surface area (Å²) >= 11 is 0. The van der Waals surface area contributed by atoms with Gasteiger partial charge < -0.3 is 19.6 Å². The fraction of sp³-hybridized carbons (Fsp3) is 0.263. The zero-order valence-corrected chi connectivity index (χ0v) is 15.3. The molecule has 0 aliphatic carbocycles. The van der Waals surface area contributed by atoms with Gasteiger partial charge in [-0.1, -0.05) is 0 Å². The van der Waals surface area contributed by atoms with Crippen molar-refractivity contribution in [3.8, 4) is 0 Å². The number of furan rings is 1. The van der Waals surface area contributed by atoms with Crippen LogP contribution in [0.2, 0.25) is 0 Å². The smallest absolute Gasteiger partial charge is 0.265 e. The Labute approximate surface area is 154 Å². The van der Waals surface area contributed by atoms with E-state index in [1.54, 1.807) is 32.2 Å².